The third-order valence-electron chi connectivity index (χ3n) is 7.73. The van der Waals surface area contributed by atoms with E-state index < -0.39 is 17.9 Å². The van der Waals surface area contributed by atoms with Crippen molar-refractivity contribution >= 4 is 28.7 Å². The lowest BCUT2D eigenvalue weighted by Gasteiger charge is -2.40. The number of amides is 2. The minimum Gasteiger partial charge on any atom is -0.476 e. The highest BCUT2D eigenvalue weighted by atomic mass is 16.4. The lowest BCUT2D eigenvalue weighted by atomic mass is 9.96. The van der Waals surface area contributed by atoms with Gasteiger partial charge in [0, 0.05) is 37.1 Å². The molecule has 2 aromatic heterocycles. The molecule has 0 spiro atoms. The van der Waals surface area contributed by atoms with Gasteiger partial charge >= 0.3 is 5.97 Å². The predicted octanol–water partition coefficient (Wildman–Crippen LogP) is 3.19. The Bertz CT molecular complexity index is 1650. The fourth-order valence-electron chi connectivity index (χ4n) is 5.60. The first kappa shape index (κ1) is 27.9. The van der Waals surface area contributed by atoms with Crippen LogP contribution in [0, 0.1) is 0 Å². The van der Waals surface area contributed by atoms with Gasteiger partial charge in [0.2, 0.25) is 5.91 Å². The van der Waals surface area contributed by atoms with Gasteiger partial charge in [-0.25, -0.2) is 9.48 Å². The largest absolute Gasteiger partial charge is 0.476 e. The van der Waals surface area contributed by atoms with Crippen molar-refractivity contribution < 1.29 is 19.5 Å². The number of aromatic carboxylic acids is 1. The number of aromatic nitrogens is 4. The molecule has 1 atom stereocenters. The van der Waals surface area contributed by atoms with E-state index in [0.717, 1.165) is 10.9 Å². The first-order valence-corrected chi connectivity index (χ1v) is 14.1. The zero-order valence-corrected chi connectivity index (χ0v) is 23.3. The Balaban J connectivity index is 1.20. The molecule has 5 aromatic rings. The van der Waals surface area contributed by atoms with Gasteiger partial charge < -0.3 is 20.3 Å². The van der Waals surface area contributed by atoms with E-state index >= 15 is 0 Å². The molecule has 0 bridgehead atoms. The number of hydrogen-bond donors (Lipinski definition) is 3. The number of piperazine rings is 1. The zero-order chi connectivity index (χ0) is 29.8. The number of fused-ring (bicyclic) bond motifs is 1. The van der Waals surface area contributed by atoms with Gasteiger partial charge in [-0.05, 0) is 23.3 Å². The molecule has 0 saturated carbocycles. The van der Waals surface area contributed by atoms with E-state index in [0.29, 0.717) is 31.9 Å². The summed E-state index contributed by atoms with van der Waals surface area (Å²) in [6.45, 7) is 2.13. The van der Waals surface area contributed by atoms with E-state index in [-0.39, 0.29) is 24.2 Å². The summed E-state index contributed by atoms with van der Waals surface area (Å²) in [5.74, 6) is -1.94. The van der Waals surface area contributed by atoms with Crippen molar-refractivity contribution in [3.63, 3.8) is 0 Å². The maximum atomic E-state index is 13.9. The van der Waals surface area contributed by atoms with Crippen LogP contribution in [0.1, 0.15) is 38.1 Å². The molecule has 0 radical (unpaired) electrons. The van der Waals surface area contributed by atoms with Gasteiger partial charge in [0.1, 0.15) is 11.7 Å². The molecule has 43 heavy (non-hydrogen) atoms. The number of nitrogens with zero attached hydrogens (tertiary/aromatic N) is 5. The molecule has 1 fully saturated rings. The van der Waals surface area contributed by atoms with E-state index in [1.165, 1.54) is 22.0 Å². The number of para-hydroxylation sites is 1. The highest BCUT2D eigenvalue weighted by Gasteiger charge is 2.33. The number of H-pyrrole nitrogens is 1. The molecular weight excluding hydrogens is 546 g/mol. The van der Waals surface area contributed by atoms with E-state index in [9.17, 15) is 19.5 Å². The lowest BCUT2D eigenvalue weighted by Crippen LogP contribution is -2.56. The number of hydrogen-bond acceptors (Lipinski definition) is 6. The van der Waals surface area contributed by atoms with Gasteiger partial charge in [0.05, 0.1) is 18.8 Å². The fourth-order valence-corrected chi connectivity index (χ4v) is 5.60. The molecule has 11 nitrogen and oxygen atoms in total. The maximum absolute atomic E-state index is 13.9. The third-order valence-corrected chi connectivity index (χ3v) is 7.73. The zero-order valence-electron chi connectivity index (χ0n) is 23.3. The average Bonchev–Trinajstić information content (AvgIpc) is 3.70. The van der Waals surface area contributed by atoms with Crippen LogP contribution in [0.3, 0.4) is 0 Å². The van der Waals surface area contributed by atoms with Crippen LogP contribution in [0.2, 0.25) is 0 Å². The van der Waals surface area contributed by atoms with E-state index in [4.69, 9.17) is 0 Å². The summed E-state index contributed by atoms with van der Waals surface area (Å²) < 4.78 is 1.27. The van der Waals surface area contributed by atoms with E-state index in [1.807, 2.05) is 60.7 Å². The predicted molar refractivity (Wildman–Crippen MR) is 159 cm³/mol. The molecule has 11 heteroatoms. The second-order valence-corrected chi connectivity index (χ2v) is 10.5. The van der Waals surface area contributed by atoms with Crippen molar-refractivity contribution in [1.29, 1.82) is 0 Å². The molecule has 1 aliphatic rings. The first-order valence-electron chi connectivity index (χ1n) is 14.1. The summed E-state index contributed by atoms with van der Waals surface area (Å²) in [5, 5.41) is 20.5. The number of nitrogens with one attached hydrogen (secondary N) is 2. The number of carboxylic acids is 1. The highest BCUT2D eigenvalue weighted by molar-refractivity contribution is 6.00. The van der Waals surface area contributed by atoms with Gasteiger partial charge in [-0.3, -0.25) is 14.5 Å². The standard InChI is InChI=1S/C32H31N7O4/c40-30(26-19-24-13-7-8-14-25(24)33-26)34-27(20-39-21-28(32(42)43)35-36-39)31(41)38-17-15-37(16-18-38)29(22-9-3-1-4-10-22)23-11-5-2-6-12-23/h1-14,19,21,27,29,33H,15-18,20H2,(H,34,40)(H,42,43). The monoisotopic (exact) mass is 577 g/mol. The quantitative estimate of drug-likeness (QED) is 0.245. The number of aromatic amines is 1. The number of benzene rings is 3. The van der Waals surface area contributed by atoms with Gasteiger partial charge in [-0.2, -0.15) is 0 Å². The molecule has 2 amide bonds. The van der Waals surface area contributed by atoms with Crippen LogP contribution in [0.4, 0.5) is 0 Å². The maximum Gasteiger partial charge on any atom is 0.358 e. The summed E-state index contributed by atoms with van der Waals surface area (Å²) in [5.41, 5.74) is 3.24. The number of rotatable bonds is 9. The van der Waals surface area contributed by atoms with E-state index in [1.54, 1.807) is 11.0 Å². The SMILES string of the molecule is O=C(O)c1cn(CC(NC(=O)c2cc3ccccc3[nH]2)C(=O)N2CCN(C(c3ccccc3)c3ccccc3)CC2)nn1. The van der Waals surface area contributed by atoms with Crippen LogP contribution in [0.15, 0.2) is 97.2 Å². The summed E-state index contributed by atoms with van der Waals surface area (Å²) in [6.07, 6.45) is 1.25. The summed E-state index contributed by atoms with van der Waals surface area (Å²) in [4.78, 5) is 45.8. The Morgan fingerprint density at radius 1 is 0.860 bits per heavy atom. The second-order valence-electron chi connectivity index (χ2n) is 10.5. The molecule has 6 rings (SSSR count). The Kier molecular flexibility index (Phi) is 7.96. The first-order chi connectivity index (χ1) is 21.0. The number of carbonyl (C=O) groups is 3. The fraction of sp³-hybridized carbons (Fsp3) is 0.219. The molecule has 218 valence electrons. The van der Waals surface area contributed by atoms with Gasteiger partial charge in [-0.1, -0.05) is 84.1 Å². The topological polar surface area (TPSA) is 136 Å². The van der Waals surface area contributed by atoms with Crippen LogP contribution >= 0.6 is 0 Å². The molecule has 3 heterocycles. The minimum absolute atomic E-state index is 0.0433. The molecule has 3 aromatic carbocycles. The summed E-state index contributed by atoms with van der Waals surface area (Å²) in [6, 6.07) is 28.9. The molecular formula is C32H31N7O4. The van der Waals surface area contributed by atoms with Crippen LogP contribution in [-0.4, -0.2) is 84.9 Å². The Hall–Kier alpha value is -5.29. The van der Waals surface area contributed by atoms with Crippen LogP contribution < -0.4 is 5.32 Å². The summed E-state index contributed by atoms with van der Waals surface area (Å²) in [7, 11) is 0. The van der Waals surface area contributed by atoms with Crippen molar-refractivity contribution in [3.8, 4) is 0 Å². The van der Waals surface area contributed by atoms with Gasteiger partial charge in [0.15, 0.2) is 5.69 Å². The minimum atomic E-state index is -1.22. The van der Waals surface area contributed by atoms with Crippen molar-refractivity contribution in [2.45, 2.75) is 18.6 Å². The Labute approximate surface area is 247 Å². The van der Waals surface area contributed by atoms with Gasteiger partial charge in [0.25, 0.3) is 5.91 Å². The molecule has 3 N–H and O–H groups in total. The molecule has 1 saturated heterocycles. The number of carbonyl (C=O) groups excluding carboxylic acids is 2. The van der Waals surface area contributed by atoms with Crippen molar-refractivity contribution in [2.24, 2.45) is 0 Å². The molecule has 1 aliphatic heterocycles. The van der Waals surface area contributed by atoms with Gasteiger partial charge in [-0.15, -0.1) is 5.10 Å². The molecule has 1 unspecified atom stereocenters. The van der Waals surface area contributed by atoms with Crippen molar-refractivity contribution in [2.75, 3.05) is 26.2 Å². The average molecular weight is 578 g/mol. The van der Waals surface area contributed by atoms with E-state index in [2.05, 4.69) is 49.8 Å². The second kappa shape index (κ2) is 12.3. The molecule has 0 aliphatic carbocycles. The third kappa shape index (κ3) is 6.16. The van der Waals surface area contributed by atoms with Crippen LogP contribution in [0.5, 0.6) is 0 Å². The lowest BCUT2D eigenvalue weighted by molar-refractivity contribution is -0.135. The normalized spacial score (nSPS) is 14.6. The van der Waals surface area contributed by atoms with Crippen LogP contribution in [-0.2, 0) is 11.3 Å². The highest BCUT2D eigenvalue weighted by Crippen LogP contribution is 2.29. The van der Waals surface area contributed by atoms with Crippen molar-refractivity contribution in [1.82, 2.24) is 35.1 Å². The van der Waals surface area contributed by atoms with Crippen molar-refractivity contribution in [3.05, 3.63) is 120 Å². The van der Waals surface area contributed by atoms with Crippen LogP contribution in [0.25, 0.3) is 10.9 Å². The number of carboxylic acid groups (broad SMARTS) is 1. The summed E-state index contributed by atoms with van der Waals surface area (Å²) >= 11 is 0. The Morgan fingerprint density at radius 3 is 2.09 bits per heavy atom. The smallest absolute Gasteiger partial charge is 0.358 e. The Morgan fingerprint density at radius 2 is 1.49 bits per heavy atom.